The van der Waals surface area contributed by atoms with Crippen LogP contribution in [0.2, 0.25) is 18.1 Å². The molecule has 2 atom stereocenters. The van der Waals surface area contributed by atoms with Gasteiger partial charge in [0.05, 0.1) is 18.0 Å². The van der Waals surface area contributed by atoms with E-state index < -0.39 is 24.3 Å². The molecule has 0 amide bonds. The lowest BCUT2D eigenvalue weighted by Gasteiger charge is -2.40. The van der Waals surface area contributed by atoms with Gasteiger partial charge in [-0.25, -0.2) is 13.2 Å². The Morgan fingerprint density at radius 1 is 1.00 bits per heavy atom. The van der Waals surface area contributed by atoms with Crippen LogP contribution in [0.5, 0.6) is 5.75 Å². The highest BCUT2D eigenvalue weighted by atomic mass is 32.2. The van der Waals surface area contributed by atoms with Crippen molar-refractivity contribution in [2.45, 2.75) is 71.0 Å². The molecule has 11 heteroatoms. The van der Waals surface area contributed by atoms with E-state index in [1.54, 1.807) is 23.7 Å². The van der Waals surface area contributed by atoms with Crippen molar-refractivity contribution >= 4 is 40.9 Å². The predicted octanol–water partition coefficient (Wildman–Crippen LogP) is 7.11. The molecule has 4 rings (SSSR count). The largest absolute Gasteiger partial charge is 0.487 e. The van der Waals surface area contributed by atoms with Crippen molar-refractivity contribution in [1.82, 2.24) is 9.88 Å². The van der Waals surface area contributed by atoms with Crippen LogP contribution in [-0.2, 0) is 34.5 Å². The lowest BCUT2D eigenvalue weighted by molar-refractivity contribution is 0.0687. The van der Waals surface area contributed by atoms with Gasteiger partial charge in [0.25, 0.3) is 0 Å². The van der Waals surface area contributed by atoms with E-state index in [9.17, 15) is 18.3 Å². The number of nitrogens with zero attached hydrogens (tertiary/aromatic N) is 1. The highest BCUT2D eigenvalue weighted by Crippen LogP contribution is 2.40. The van der Waals surface area contributed by atoms with Crippen LogP contribution < -0.4 is 14.8 Å². The number of benzene rings is 3. The lowest BCUT2D eigenvalue weighted by Crippen LogP contribution is -2.44. The Labute approximate surface area is 274 Å². The second kappa shape index (κ2) is 14.0. The van der Waals surface area contributed by atoms with E-state index in [1.807, 2.05) is 60.7 Å². The van der Waals surface area contributed by atoms with Crippen LogP contribution in [0, 0.1) is 0 Å². The first kappa shape index (κ1) is 35.2. The number of carboxylic acids is 1. The third-order valence-corrected chi connectivity index (χ3v) is 13.7. The minimum absolute atomic E-state index is 0.0384. The summed E-state index contributed by atoms with van der Waals surface area (Å²) in [5.74, 6) is -0.512. The van der Waals surface area contributed by atoms with Crippen molar-refractivity contribution < 1.29 is 27.5 Å². The Hall–Kier alpha value is -3.64. The number of aromatic nitrogens is 1. The molecule has 1 aromatic heterocycles. The summed E-state index contributed by atoms with van der Waals surface area (Å²) in [4.78, 5) is 11.6. The molecule has 3 aromatic carbocycles. The maximum atomic E-state index is 12.4. The summed E-state index contributed by atoms with van der Waals surface area (Å²) in [6, 6.07) is 23.1. The molecule has 1 heterocycles. The van der Waals surface area contributed by atoms with Crippen LogP contribution in [0.15, 0.2) is 72.8 Å². The second-order valence-corrected chi connectivity index (χ2v) is 20.1. The maximum absolute atomic E-state index is 12.4. The molecule has 0 radical (unpaired) electrons. The molecular formula is C35H47N3O6SSi. The SMILES string of the molecule is C[C@H](Cc1ccc2c(c1)cc(C(=O)O)n2C)NC[C@H](O[Si](C)(C)C(C)(C)C)c1ccc(OCc2ccccc2)c(NS(C)(=O)=O)c1. The molecule has 0 aliphatic heterocycles. The van der Waals surface area contributed by atoms with Gasteiger partial charge in [0.15, 0.2) is 8.32 Å². The van der Waals surface area contributed by atoms with Gasteiger partial charge >= 0.3 is 5.97 Å². The first-order valence-corrected chi connectivity index (χ1v) is 20.2. The molecule has 0 aliphatic rings. The van der Waals surface area contributed by atoms with Gasteiger partial charge < -0.3 is 24.2 Å². The Morgan fingerprint density at radius 2 is 1.70 bits per heavy atom. The monoisotopic (exact) mass is 665 g/mol. The Balaban J connectivity index is 1.58. The number of hydrogen-bond donors (Lipinski definition) is 3. The lowest BCUT2D eigenvalue weighted by atomic mass is 10.0. The maximum Gasteiger partial charge on any atom is 0.352 e. The molecule has 0 saturated carbocycles. The number of anilines is 1. The van der Waals surface area contributed by atoms with Crippen molar-refractivity contribution in [1.29, 1.82) is 0 Å². The van der Waals surface area contributed by atoms with Gasteiger partial charge in [-0.2, -0.15) is 0 Å². The summed E-state index contributed by atoms with van der Waals surface area (Å²) < 4.78 is 42.1. The number of aryl methyl sites for hydroxylation is 1. The molecule has 3 N–H and O–H groups in total. The third-order valence-electron chi connectivity index (χ3n) is 8.67. The van der Waals surface area contributed by atoms with E-state index in [1.165, 1.54) is 0 Å². The Bertz CT molecular complexity index is 1780. The third kappa shape index (κ3) is 9.00. The van der Waals surface area contributed by atoms with Crippen LogP contribution in [0.4, 0.5) is 5.69 Å². The zero-order chi connectivity index (χ0) is 33.9. The smallest absolute Gasteiger partial charge is 0.352 e. The van der Waals surface area contributed by atoms with Crippen molar-refractivity contribution in [3.63, 3.8) is 0 Å². The fourth-order valence-corrected chi connectivity index (χ4v) is 6.96. The topological polar surface area (TPSA) is 119 Å². The number of ether oxygens (including phenoxy) is 1. The minimum atomic E-state index is -3.58. The van der Waals surface area contributed by atoms with Gasteiger partial charge in [0.2, 0.25) is 10.0 Å². The highest BCUT2D eigenvalue weighted by molar-refractivity contribution is 7.92. The van der Waals surface area contributed by atoms with E-state index in [2.05, 4.69) is 50.8 Å². The summed E-state index contributed by atoms with van der Waals surface area (Å²) >= 11 is 0. The fourth-order valence-electron chi connectivity index (χ4n) is 5.11. The number of sulfonamides is 1. The van der Waals surface area contributed by atoms with Gasteiger partial charge in [0, 0.05) is 30.5 Å². The molecule has 4 aromatic rings. The van der Waals surface area contributed by atoms with Crippen molar-refractivity contribution in [2.75, 3.05) is 17.5 Å². The molecule has 9 nitrogen and oxygen atoms in total. The summed E-state index contributed by atoms with van der Waals surface area (Å²) in [6.45, 7) is 13.9. The number of carboxylic acid groups (broad SMARTS) is 1. The molecule has 0 aliphatic carbocycles. The van der Waals surface area contributed by atoms with Crippen molar-refractivity contribution in [3.8, 4) is 5.75 Å². The van der Waals surface area contributed by atoms with Gasteiger partial charge in [-0.1, -0.05) is 63.2 Å². The standard InChI is InChI=1S/C35H47N3O6SSi/c1-24(18-26-14-16-30-28(19-26)21-31(34(39)40)38(30)5)36-22-33(44-46(7,8)35(2,3)4)27-15-17-32(29(20-27)37-45(6,41)42)43-23-25-12-10-9-11-13-25/h9-17,19-21,24,33,36-37H,18,22-23H2,1-8H3,(H,39,40)/t24-,33+/m1/s1. The van der Waals surface area contributed by atoms with Crippen molar-refractivity contribution in [3.05, 3.63) is 95.2 Å². The van der Waals surface area contributed by atoms with Crippen LogP contribution in [0.1, 0.15) is 61.0 Å². The molecule has 0 unspecified atom stereocenters. The normalized spacial score (nSPS) is 13.8. The van der Waals surface area contributed by atoms with Crippen LogP contribution in [0.3, 0.4) is 0 Å². The number of hydrogen-bond acceptors (Lipinski definition) is 6. The van der Waals surface area contributed by atoms with Crippen LogP contribution >= 0.6 is 0 Å². The average molecular weight is 666 g/mol. The molecule has 0 bridgehead atoms. The van der Waals surface area contributed by atoms with E-state index in [-0.39, 0.29) is 22.9 Å². The number of aromatic carboxylic acids is 1. The first-order valence-electron chi connectivity index (χ1n) is 15.4. The highest BCUT2D eigenvalue weighted by Gasteiger charge is 2.39. The molecule has 0 spiro atoms. The Morgan fingerprint density at radius 3 is 2.33 bits per heavy atom. The van der Waals surface area contributed by atoms with Gasteiger partial charge in [0.1, 0.15) is 18.1 Å². The molecule has 248 valence electrons. The summed E-state index contributed by atoms with van der Waals surface area (Å²) in [5.41, 5.74) is 4.41. The quantitative estimate of drug-likeness (QED) is 0.123. The summed E-state index contributed by atoms with van der Waals surface area (Å²) in [7, 11) is -4.05. The second-order valence-electron chi connectivity index (χ2n) is 13.6. The fraction of sp³-hybridized carbons (Fsp3) is 0.400. The number of rotatable bonds is 14. The van der Waals surface area contributed by atoms with E-state index >= 15 is 0 Å². The molecule has 0 fully saturated rings. The van der Waals surface area contributed by atoms with Gasteiger partial charge in [-0.05, 0) is 78.5 Å². The zero-order valence-corrected chi connectivity index (χ0v) is 29.9. The summed E-state index contributed by atoms with van der Waals surface area (Å²) in [5, 5.41) is 14.0. The predicted molar refractivity (Wildman–Crippen MR) is 188 cm³/mol. The van der Waals surface area contributed by atoms with E-state index in [0.717, 1.165) is 40.3 Å². The zero-order valence-electron chi connectivity index (χ0n) is 28.0. The Kier molecular flexibility index (Phi) is 10.7. The van der Waals surface area contributed by atoms with Crippen LogP contribution in [0.25, 0.3) is 10.9 Å². The van der Waals surface area contributed by atoms with Gasteiger partial charge in [-0.15, -0.1) is 0 Å². The first-order chi connectivity index (χ1) is 21.4. The minimum Gasteiger partial charge on any atom is -0.487 e. The van der Waals surface area contributed by atoms with Crippen LogP contribution in [-0.4, -0.2) is 51.2 Å². The summed E-state index contributed by atoms with van der Waals surface area (Å²) in [6.07, 6.45) is 1.51. The van der Waals surface area contributed by atoms with Gasteiger partial charge in [-0.3, -0.25) is 4.72 Å². The molecular weight excluding hydrogens is 619 g/mol. The van der Waals surface area contributed by atoms with E-state index in [0.29, 0.717) is 24.6 Å². The van der Waals surface area contributed by atoms with E-state index in [4.69, 9.17) is 9.16 Å². The molecule has 0 saturated heterocycles. The van der Waals surface area contributed by atoms with Crippen molar-refractivity contribution in [2.24, 2.45) is 7.05 Å². The average Bonchev–Trinajstić information content (AvgIpc) is 3.29. The molecule has 46 heavy (non-hydrogen) atoms. The number of carbonyl (C=O) groups is 1. The number of fused-ring (bicyclic) bond motifs is 1. The number of nitrogens with one attached hydrogen (secondary N) is 2.